The number of benzene rings is 1. The average Bonchev–Trinajstić information content (AvgIpc) is 2.67. The van der Waals surface area contributed by atoms with Crippen molar-refractivity contribution >= 4 is 11.7 Å². The van der Waals surface area contributed by atoms with Gasteiger partial charge in [-0.25, -0.2) is 4.79 Å². The summed E-state index contributed by atoms with van der Waals surface area (Å²) >= 11 is 0. The molecule has 1 aromatic carbocycles. The van der Waals surface area contributed by atoms with E-state index in [0.717, 1.165) is 35.1 Å². The minimum atomic E-state index is -0.358. The third kappa shape index (κ3) is 4.13. The van der Waals surface area contributed by atoms with Gasteiger partial charge < -0.3 is 10.2 Å². The Labute approximate surface area is 158 Å². The quantitative estimate of drug-likeness (QED) is 0.869. The third-order valence-corrected chi connectivity index (χ3v) is 5.17. The van der Waals surface area contributed by atoms with Gasteiger partial charge in [0.25, 0.3) is 5.56 Å². The molecule has 7 heteroatoms. The number of anilines is 1. The van der Waals surface area contributed by atoms with Crippen LogP contribution in [0.25, 0.3) is 0 Å². The summed E-state index contributed by atoms with van der Waals surface area (Å²) in [5, 5.41) is 3.01. The highest BCUT2D eigenvalue weighted by molar-refractivity contribution is 5.79. The molecule has 1 saturated heterocycles. The van der Waals surface area contributed by atoms with E-state index in [1.54, 1.807) is 7.05 Å². The summed E-state index contributed by atoms with van der Waals surface area (Å²) < 4.78 is 2.55. The molecule has 1 aliphatic heterocycles. The number of piperidine rings is 1. The van der Waals surface area contributed by atoms with Crippen molar-refractivity contribution in [3.63, 3.8) is 0 Å². The molecule has 1 N–H and O–H groups in total. The number of nitrogens with one attached hydrogen (secondary N) is 1. The predicted molar refractivity (Wildman–Crippen MR) is 105 cm³/mol. The van der Waals surface area contributed by atoms with Crippen molar-refractivity contribution in [3.8, 4) is 0 Å². The molecule has 0 bridgehead atoms. The van der Waals surface area contributed by atoms with E-state index >= 15 is 0 Å². The van der Waals surface area contributed by atoms with Gasteiger partial charge in [0.05, 0.1) is 5.92 Å². The summed E-state index contributed by atoms with van der Waals surface area (Å²) in [4.78, 5) is 38.8. The van der Waals surface area contributed by atoms with Crippen LogP contribution in [0.15, 0.2) is 39.9 Å². The maximum absolute atomic E-state index is 12.6. The van der Waals surface area contributed by atoms with E-state index in [4.69, 9.17) is 0 Å². The number of hydrogen-bond acceptors (Lipinski definition) is 4. The molecule has 144 valence electrons. The highest BCUT2D eigenvalue weighted by Gasteiger charge is 2.27. The minimum absolute atomic E-state index is 0.00930. The molecule has 3 rings (SSSR count). The second kappa shape index (κ2) is 7.82. The van der Waals surface area contributed by atoms with E-state index in [1.807, 2.05) is 30.0 Å². The maximum atomic E-state index is 12.6. The van der Waals surface area contributed by atoms with E-state index in [-0.39, 0.29) is 23.1 Å². The van der Waals surface area contributed by atoms with Crippen LogP contribution in [0.1, 0.15) is 24.0 Å². The monoisotopic (exact) mass is 370 g/mol. The first-order chi connectivity index (χ1) is 12.9. The average molecular weight is 370 g/mol. The summed E-state index contributed by atoms with van der Waals surface area (Å²) in [6, 6.07) is 9.53. The van der Waals surface area contributed by atoms with Crippen molar-refractivity contribution in [1.82, 2.24) is 14.5 Å². The Morgan fingerprint density at radius 2 is 1.96 bits per heavy atom. The summed E-state index contributed by atoms with van der Waals surface area (Å²) in [5.41, 5.74) is 1.55. The molecule has 27 heavy (non-hydrogen) atoms. The van der Waals surface area contributed by atoms with Crippen LogP contribution in [0.4, 0.5) is 5.82 Å². The van der Waals surface area contributed by atoms with Gasteiger partial charge in [-0.1, -0.05) is 29.8 Å². The zero-order valence-electron chi connectivity index (χ0n) is 16.1. The number of nitrogens with zero attached hydrogens (tertiary/aromatic N) is 3. The van der Waals surface area contributed by atoms with Gasteiger partial charge in [0.1, 0.15) is 5.82 Å². The van der Waals surface area contributed by atoms with Crippen LogP contribution in [0.2, 0.25) is 0 Å². The van der Waals surface area contributed by atoms with Crippen molar-refractivity contribution in [2.24, 2.45) is 20.0 Å². The molecule has 7 nitrogen and oxygen atoms in total. The van der Waals surface area contributed by atoms with Gasteiger partial charge in [-0.3, -0.25) is 18.7 Å². The smallest absolute Gasteiger partial charge is 0.332 e. The van der Waals surface area contributed by atoms with E-state index in [9.17, 15) is 14.4 Å². The van der Waals surface area contributed by atoms with Crippen LogP contribution < -0.4 is 21.5 Å². The molecule has 0 spiro atoms. The molecule has 0 saturated carbocycles. The highest BCUT2D eigenvalue weighted by Crippen LogP contribution is 2.21. The van der Waals surface area contributed by atoms with Gasteiger partial charge in [-0.05, 0) is 25.3 Å². The summed E-state index contributed by atoms with van der Waals surface area (Å²) in [6.07, 6.45) is 1.64. The Bertz CT molecular complexity index is 960. The summed E-state index contributed by atoms with van der Waals surface area (Å²) in [7, 11) is 3.12. The lowest BCUT2D eigenvalue weighted by atomic mass is 9.97. The summed E-state index contributed by atoms with van der Waals surface area (Å²) in [5.74, 6) is 0.414. The number of carbonyl (C=O) groups is 1. The first-order valence-electron chi connectivity index (χ1n) is 9.22. The number of amides is 1. The first kappa shape index (κ1) is 18.9. The molecule has 1 amide bonds. The fourth-order valence-corrected chi connectivity index (χ4v) is 3.58. The molecule has 0 radical (unpaired) electrons. The molecular weight excluding hydrogens is 344 g/mol. The van der Waals surface area contributed by atoms with Gasteiger partial charge in [0.15, 0.2) is 0 Å². The van der Waals surface area contributed by atoms with Crippen molar-refractivity contribution in [2.45, 2.75) is 26.3 Å². The van der Waals surface area contributed by atoms with E-state index in [1.165, 1.54) is 17.7 Å². The molecular formula is C20H26N4O3. The van der Waals surface area contributed by atoms with Gasteiger partial charge >= 0.3 is 5.69 Å². The Kier molecular flexibility index (Phi) is 5.48. The van der Waals surface area contributed by atoms with Gasteiger partial charge in [-0.15, -0.1) is 0 Å². The lowest BCUT2D eigenvalue weighted by molar-refractivity contribution is -0.125. The van der Waals surface area contributed by atoms with Gasteiger partial charge in [0.2, 0.25) is 5.91 Å². The van der Waals surface area contributed by atoms with Crippen LogP contribution in [-0.4, -0.2) is 28.1 Å². The molecule has 1 aromatic heterocycles. The fourth-order valence-electron chi connectivity index (χ4n) is 3.58. The molecule has 2 heterocycles. The number of rotatable bonds is 4. The summed E-state index contributed by atoms with van der Waals surface area (Å²) in [6.45, 7) is 3.75. The minimum Gasteiger partial charge on any atom is -0.357 e. The van der Waals surface area contributed by atoms with Crippen LogP contribution in [0.5, 0.6) is 0 Å². The number of aryl methyl sites for hydroxylation is 1. The number of aromatic nitrogens is 2. The van der Waals surface area contributed by atoms with E-state index in [2.05, 4.69) is 11.4 Å². The maximum Gasteiger partial charge on any atom is 0.332 e. The predicted octanol–water partition coefficient (Wildman–Crippen LogP) is 0.925. The first-order valence-corrected chi connectivity index (χ1v) is 9.22. The fraction of sp³-hybridized carbons (Fsp3) is 0.450. The van der Waals surface area contributed by atoms with Gasteiger partial charge in [-0.2, -0.15) is 0 Å². The zero-order chi connectivity index (χ0) is 19.6. The van der Waals surface area contributed by atoms with E-state index < -0.39 is 0 Å². The molecule has 1 aliphatic rings. The lowest BCUT2D eigenvalue weighted by Gasteiger charge is -2.34. The van der Waals surface area contributed by atoms with Crippen LogP contribution in [-0.2, 0) is 25.4 Å². The van der Waals surface area contributed by atoms with Crippen molar-refractivity contribution in [3.05, 3.63) is 62.3 Å². The normalized spacial score (nSPS) is 17.0. The second-order valence-corrected chi connectivity index (χ2v) is 7.23. The Morgan fingerprint density at radius 1 is 1.19 bits per heavy atom. The Balaban J connectivity index is 1.70. The Hall–Kier alpha value is -2.83. The SMILES string of the molecule is Cc1cccc(CNC(=O)[C@H]2CCCN(c3cc(=O)n(C)c(=O)n3C)C2)c1. The van der Waals surface area contributed by atoms with Crippen molar-refractivity contribution in [1.29, 1.82) is 0 Å². The lowest BCUT2D eigenvalue weighted by Crippen LogP contribution is -2.46. The number of carbonyl (C=O) groups excluding carboxylic acids is 1. The van der Waals surface area contributed by atoms with Crippen LogP contribution in [0.3, 0.4) is 0 Å². The Morgan fingerprint density at radius 3 is 2.70 bits per heavy atom. The topological polar surface area (TPSA) is 76.3 Å². The molecule has 0 unspecified atom stereocenters. The number of hydrogen-bond donors (Lipinski definition) is 1. The molecule has 1 fully saturated rings. The molecule has 1 atom stereocenters. The van der Waals surface area contributed by atoms with Crippen molar-refractivity contribution in [2.75, 3.05) is 18.0 Å². The highest BCUT2D eigenvalue weighted by atomic mass is 16.2. The largest absolute Gasteiger partial charge is 0.357 e. The standard InChI is InChI=1S/C20H26N4O3/c1-14-6-4-7-15(10-14)12-21-19(26)16-8-5-9-24(13-16)17-11-18(25)23(3)20(27)22(17)2/h4,6-7,10-11,16H,5,8-9,12-13H2,1-3H3,(H,21,26)/t16-/m0/s1. The molecule has 0 aliphatic carbocycles. The third-order valence-electron chi connectivity index (χ3n) is 5.17. The van der Waals surface area contributed by atoms with E-state index in [0.29, 0.717) is 18.9 Å². The zero-order valence-corrected chi connectivity index (χ0v) is 16.1. The molecule has 2 aromatic rings. The van der Waals surface area contributed by atoms with Gasteiger partial charge in [0, 0.05) is 39.8 Å². The van der Waals surface area contributed by atoms with Crippen molar-refractivity contribution < 1.29 is 4.79 Å². The van der Waals surface area contributed by atoms with Crippen LogP contribution >= 0.6 is 0 Å². The van der Waals surface area contributed by atoms with Crippen LogP contribution in [0, 0.1) is 12.8 Å². The second-order valence-electron chi connectivity index (χ2n) is 7.23.